The van der Waals surface area contributed by atoms with Crippen molar-refractivity contribution in [2.24, 2.45) is 7.05 Å². The Morgan fingerprint density at radius 3 is 2.61 bits per heavy atom. The summed E-state index contributed by atoms with van der Waals surface area (Å²) in [5.41, 5.74) is 1.65. The van der Waals surface area contributed by atoms with Crippen molar-refractivity contribution in [2.45, 2.75) is 24.8 Å². The summed E-state index contributed by atoms with van der Waals surface area (Å²) in [6.07, 6.45) is 5.21. The number of likely N-dealkylation sites (N-methyl/N-ethyl adjacent to an activating group) is 1. The van der Waals surface area contributed by atoms with E-state index in [9.17, 15) is 4.79 Å². The molecule has 5 heteroatoms. The third-order valence-electron chi connectivity index (χ3n) is 4.61. The molecule has 1 aromatic heterocycles. The molecule has 1 aliphatic heterocycles. The van der Waals surface area contributed by atoms with Crippen LogP contribution in [0, 0.1) is 0 Å². The average molecular weight is 313 g/mol. The van der Waals surface area contributed by atoms with E-state index in [1.165, 1.54) is 0 Å². The molecule has 0 atom stereocenters. The van der Waals surface area contributed by atoms with Gasteiger partial charge < -0.3 is 9.64 Å². The van der Waals surface area contributed by atoms with Crippen LogP contribution in [0.3, 0.4) is 0 Å². The van der Waals surface area contributed by atoms with Crippen molar-refractivity contribution in [3.63, 3.8) is 0 Å². The molecule has 0 aliphatic carbocycles. The largest absolute Gasteiger partial charge is 0.381 e. The summed E-state index contributed by atoms with van der Waals surface area (Å²) in [7, 11) is 3.75. The van der Waals surface area contributed by atoms with Crippen molar-refractivity contribution in [1.29, 1.82) is 0 Å². The normalized spacial score (nSPS) is 17.0. The molecular weight excluding hydrogens is 290 g/mol. The lowest BCUT2D eigenvalue weighted by Gasteiger charge is -2.39. The van der Waals surface area contributed by atoms with Crippen LogP contribution in [0.1, 0.15) is 24.0 Å². The van der Waals surface area contributed by atoms with Crippen LogP contribution in [0.5, 0.6) is 0 Å². The summed E-state index contributed by atoms with van der Waals surface area (Å²) in [6.45, 7) is 1.82. The summed E-state index contributed by atoms with van der Waals surface area (Å²) in [5, 5.41) is 4.18. The zero-order valence-corrected chi connectivity index (χ0v) is 13.7. The minimum absolute atomic E-state index is 0.163. The van der Waals surface area contributed by atoms with Gasteiger partial charge in [-0.3, -0.25) is 9.48 Å². The van der Waals surface area contributed by atoms with E-state index in [4.69, 9.17) is 4.74 Å². The van der Waals surface area contributed by atoms with Crippen LogP contribution in [0.15, 0.2) is 42.7 Å². The molecule has 1 saturated heterocycles. The molecule has 1 fully saturated rings. The first-order valence-electron chi connectivity index (χ1n) is 7.98. The minimum Gasteiger partial charge on any atom is -0.381 e. The molecule has 0 saturated carbocycles. The molecule has 2 aromatic rings. The summed E-state index contributed by atoms with van der Waals surface area (Å²) >= 11 is 0. The van der Waals surface area contributed by atoms with Crippen molar-refractivity contribution in [3.05, 3.63) is 53.9 Å². The van der Waals surface area contributed by atoms with Gasteiger partial charge in [0.2, 0.25) is 5.91 Å². The van der Waals surface area contributed by atoms with Crippen LogP contribution < -0.4 is 0 Å². The Morgan fingerprint density at radius 1 is 1.30 bits per heavy atom. The molecule has 0 N–H and O–H groups in total. The van der Waals surface area contributed by atoms with Gasteiger partial charge in [-0.1, -0.05) is 30.3 Å². The van der Waals surface area contributed by atoms with Crippen LogP contribution in [0.4, 0.5) is 0 Å². The molecule has 1 amide bonds. The second-order valence-electron chi connectivity index (χ2n) is 6.24. The monoisotopic (exact) mass is 313 g/mol. The van der Waals surface area contributed by atoms with E-state index in [1.807, 2.05) is 49.6 Å². The maximum absolute atomic E-state index is 13.3. The molecule has 122 valence electrons. The first kappa shape index (κ1) is 15.7. The Bertz CT molecular complexity index is 660. The van der Waals surface area contributed by atoms with E-state index in [-0.39, 0.29) is 5.91 Å². The van der Waals surface area contributed by atoms with Gasteiger partial charge in [-0.25, -0.2) is 0 Å². The first-order chi connectivity index (χ1) is 11.1. The van der Waals surface area contributed by atoms with Crippen molar-refractivity contribution in [1.82, 2.24) is 14.7 Å². The fourth-order valence-corrected chi connectivity index (χ4v) is 3.37. The van der Waals surface area contributed by atoms with E-state index in [1.54, 1.807) is 4.68 Å². The van der Waals surface area contributed by atoms with Crippen LogP contribution >= 0.6 is 0 Å². The Labute approximate surface area is 136 Å². The Balaban J connectivity index is 1.85. The average Bonchev–Trinajstić information content (AvgIpc) is 3.00. The van der Waals surface area contributed by atoms with E-state index < -0.39 is 5.41 Å². The number of amides is 1. The topological polar surface area (TPSA) is 47.4 Å². The maximum atomic E-state index is 13.3. The zero-order valence-electron chi connectivity index (χ0n) is 13.7. The highest BCUT2D eigenvalue weighted by molar-refractivity contribution is 5.88. The minimum atomic E-state index is -0.476. The maximum Gasteiger partial charge on any atom is 0.233 e. The highest BCUT2D eigenvalue weighted by Crippen LogP contribution is 2.36. The quantitative estimate of drug-likeness (QED) is 0.869. The predicted molar refractivity (Wildman–Crippen MR) is 87.9 cm³/mol. The predicted octanol–water partition coefficient (Wildman–Crippen LogP) is 2.13. The van der Waals surface area contributed by atoms with Crippen molar-refractivity contribution in [3.8, 4) is 0 Å². The molecule has 5 nitrogen and oxygen atoms in total. The summed E-state index contributed by atoms with van der Waals surface area (Å²) < 4.78 is 7.27. The van der Waals surface area contributed by atoms with Gasteiger partial charge in [-0.2, -0.15) is 5.10 Å². The molecule has 2 heterocycles. The van der Waals surface area contributed by atoms with E-state index in [0.29, 0.717) is 19.8 Å². The van der Waals surface area contributed by atoms with Gasteiger partial charge in [-0.15, -0.1) is 0 Å². The number of benzene rings is 1. The second-order valence-corrected chi connectivity index (χ2v) is 6.24. The first-order valence-corrected chi connectivity index (χ1v) is 7.98. The number of aromatic nitrogens is 2. The van der Waals surface area contributed by atoms with Crippen LogP contribution in [0.25, 0.3) is 0 Å². The van der Waals surface area contributed by atoms with E-state index in [0.717, 1.165) is 24.0 Å². The van der Waals surface area contributed by atoms with Crippen LogP contribution in [-0.4, -0.2) is 40.8 Å². The molecule has 0 bridgehead atoms. The van der Waals surface area contributed by atoms with Gasteiger partial charge in [0.25, 0.3) is 0 Å². The second kappa shape index (κ2) is 6.54. The number of carbonyl (C=O) groups is 1. The number of carbonyl (C=O) groups excluding carboxylic acids is 1. The van der Waals surface area contributed by atoms with Crippen molar-refractivity contribution >= 4 is 5.91 Å². The summed E-state index contributed by atoms with van der Waals surface area (Å²) in [6, 6.07) is 10.1. The zero-order chi connectivity index (χ0) is 16.3. The molecule has 0 spiro atoms. The van der Waals surface area contributed by atoms with E-state index >= 15 is 0 Å². The summed E-state index contributed by atoms with van der Waals surface area (Å²) in [4.78, 5) is 15.1. The number of ether oxygens (including phenoxy) is 1. The number of rotatable bonds is 4. The SMILES string of the molecule is CN(Cc1cnn(C)c1)C(=O)C1(c2ccccc2)CCOCC1. The third-order valence-corrected chi connectivity index (χ3v) is 4.61. The van der Waals surface area contributed by atoms with Gasteiger partial charge in [0.05, 0.1) is 11.6 Å². The Hall–Kier alpha value is -2.14. The van der Waals surface area contributed by atoms with Crippen LogP contribution in [-0.2, 0) is 28.5 Å². The van der Waals surface area contributed by atoms with Gasteiger partial charge in [-0.05, 0) is 18.4 Å². The molecule has 1 aromatic carbocycles. The fraction of sp³-hybridized carbons (Fsp3) is 0.444. The van der Waals surface area contributed by atoms with E-state index in [2.05, 4.69) is 17.2 Å². The van der Waals surface area contributed by atoms with Crippen LogP contribution in [0.2, 0.25) is 0 Å². The number of nitrogens with zero attached hydrogens (tertiary/aromatic N) is 3. The standard InChI is InChI=1S/C18H23N3O2/c1-20(13-15-12-19-21(2)14-15)17(22)18(8-10-23-11-9-18)16-6-4-3-5-7-16/h3-7,12,14H,8-11,13H2,1-2H3. The van der Waals surface area contributed by atoms with Gasteiger partial charge in [0, 0.05) is 45.6 Å². The summed E-state index contributed by atoms with van der Waals surface area (Å²) in [5.74, 6) is 0.163. The third kappa shape index (κ3) is 3.15. The number of hydrogen-bond donors (Lipinski definition) is 0. The number of aryl methyl sites for hydroxylation is 1. The fourth-order valence-electron chi connectivity index (χ4n) is 3.37. The molecular formula is C18H23N3O2. The Kier molecular flexibility index (Phi) is 4.48. The molecule has 23 heavy (non-hydrogen) atoms. The molecule has 3 rings (SSSR count). The lowest BCUT2D eigenvalue weighted by molar-refractivity contribution is -0.140. The van der Waals surface area contributed by atoms with Gasteiger partial charge in [0.1, 0.15) is 0 Å². The number of hydrogen-bond acceptors (Lipinski definition) is 3. The highest BCUT2D eigenvalue weighted by atomic mass is 16.5. The lowest BCUT2D eigenvalue weighted by atomic mass is 9.73. The highest BCUT2D eigenvalue weighted by Gasteiger charge is 2.43. The Morgan fingerprint density at radius 2 is 2.00 bits per heavy atom. The van der Waals surface area contributed by atoms with Crippen molar-refractivity contribution < 1.29 is 9.53 Å². The molecule has 0 radical (unpaired) electrons. The van der Waals surface area contributed by atoms with Crippen molar-refractivity contribution in [2.75, 3.05) is 20.3 Å². The van der Waals surface area contributed by atoms with Gasteiger partial charge in [0.15, 0.2) is 0 Å². The molecule has 1 aliphatic rings. The van der Waals surface area contributed by atoms with Gasteiger partial charge >= 0.3 is 0 Å². The molecule has 0 unspecified atom stereocenters. The smallest absolute Gasteiger partial charge is 0.233 e. The lowest BCUT2D eigenvalue weighted by Crippen LogP contribution is -2.48.